The number of anilines is 1. The molecule has 0 bridgehead atoms. The van der Waals surface area contributed by atoms with Crippen LogP contribution in [0.1, 0.15) is 48.8 Å². The number of rotatable bonds is 7. The van der Waals surface area contributed by atoms with E-state index in [0.717, 1.165) is 28.8 Å². The molecule has 254 valence electrons. The summed E-state index contributed by atoms with van der Waals surface area (Å²) in [4.78, 5) is 58.4. The van der Waals surface area contributed by atoms with Gasteiger partial charge in [-0.1, -0.05) is 66.6 Å². The van der Waals surface area contributed by atoms with E-state index in [4.69, 9.17) is 0 Å². The van der Waals surface area contributed by atoms with Crippen LogP contribution in [0.3, 0.4) is 0 Å². The van der Waals surface area contributed by atoms with Gasteiger partial charge in [-0.05, 0) is 68.0 Å². The molecule has 12 heteroatoms. The molecule has 4 amide bonds. The summed E-state index contributed by atoms with van der Waals surface area (Å²) in [6, 6.07) is 18.7. The van der Waals surface area contributed by atoms with Crippen molar-refractivity contribution in [2.75, 3.05) is 12.0 Å². The van der Waals surface area contributed by atoms with Crippen LogP contribution in [0.25, 0.3) is 0 Å². The van der Waals surface area contributed by atoms with Gasteiger partial charge in [0, 0.05) is 18.0 Å². The minimum atomic E-state index is -5.05. The highest BCUT2D eigenvalue weighted by Crippen LogP contribution is 2.65. The van der Waals surface area contributed by atoms with Crippen LogP contribution in [0.5, 0.6) is 11.5 Å². The summed E-state index contributed by atoms with van der Waals surface area (Å²) in [5, 5.41) is 12.4. The standard InChI is InChI=1S/C37H34F3N3O6/c1-3-17-42-32(45)25-15-14-24-26(30(25)34(42)47)19-28-33(46)43(41-22-11-9-20(2)10-12-22)35(48)36(28,21-7-5-4-6-8-21)31(24)27-18-23(13-16-29(27)44)49-37(38,39)40/h4-14,16,18,25-26,28,30-31,41,44H,3,15,17,19H2,1-2H3/t25-,26+,28-,30-,31+,36+/m0/s1. The van der Waals surface area contributed by atoms with Crippen LogP contribution in [0, 0.1) is 30.6 Å². The van der Waals surface area contributed by atoms with Gasteiger partial charge < -0.3 is 9.84 Å². The molecule has 0 aromatic heterocycles. The lowest BCUT2D eigenvalue weighted by Gasteiger charge is -2.50. The average Bonchev–Trinajstić information content (AvgIpc) is 3.44. The van der Waals surface area contributed by atoms with Gasteiger partial charge in [0.2, 0.25) is 11.8 Å². The number of benzene rings is 3. The van der Waals surface area contributed by atoms with Crippen LogP contribution >= 0.6 is 0 Å². The lowest BCUT2D eigenvalue weighted by Crippen LogP contribution is -2.53. The lowest BCUT2D eigenvalue weighted by molar-refractivity contribution is -0.274. The van der Waals surface area contributed by atoms with E-state index in [9.17, 15) is 32.7 Å². The molecule has 2 aliphatic carbocycles. The van der Waals surface area contributed by atoms with Crippen LogP contribution in [0.4, 0.5) is 18.9 Å². The number of phenolic OH excluding ortho intramolecular Hbond substituents is 1. The van der Waals surface area contributed by atoms with Gasteiger partial charge >= 0.3 is 6.36 Å². The maximum atomic E-state index is 15.1. The molecule has 2 saturated heterocycles. The number of allylic oxidation sites excluding steroid dienone is 2. The molecule has 0 unspecified atom stereocenters. The van der Waals surface area contributed by atoms with Crippen molar-refractivity contribution in [3.05, 3.63) is 101 Å². The molecule has 7 rings (SSSR count). The summed E-state index contributed by atoms with van der Waals surface area (Å²) in [5.41, 5.74) is 3.48. The molecule has 9 nitrogen and oxygen atoms in total. The first-order valence-corrected chi connectivity index (χ1v) is 16.3. The number of nitrogens with one attached hydrogen (secondary N) is 1. The number of hydrogen-bond acceptors (Lipinski definition) is 7. The van der Waals surface area contributed by atoms with Gasteiger partial charge in [-0.25, -0.2) is 0 Å². The van der Waals surface area contributed by atoms with Crippen molar-refractivity contribution in [1.82, 2.24) is 9.91 Å². The molecule has 1 saturated carbocycles. The SMILES string of the molecule is CCCN1C(=O)[C@H]2[C@H](CC=C3[C@H]2C[C@H]2C(=O)N(Nc4ccc(C)cc4)C(=O)[C@@]2(c2ccccc2)[C@H]3c2cc(OC(F)(F)F)ccc2O)C1=O. The number of amides is 4. The predicted octanol–water partition coefficient (Wildman–Crippen LogP) is 5.99. The Hall–Kier alpha value is -5.13. The smallest absolute Gasteiger partial charge is 0.508 e. The van der Waals surface area contributed by atoms with Gasteiger partial charge in [0.15, 0.2) is 0 Å². The maximum absolute atomic E-state index is 15.1. The fourth-order valence-electron chi connectivity index (χ4n) is 8.56. The summed E-state index contributed by atoms with van der Waals surface area (Å²) >= 11 is 0. The molecule has 3 fully saturated rings. The fraction of sp³-hybridized carbons (Fsp3) is 0.351. The molecule has 4 aliphatic rings. The van der Waals surface area contributed by atoms with Crippen molar-refractivity contribution >= 4 is 29.3 Å². The van der Waals surface area contributed by atoms with Crippen molar-refractivity contribution in [2.24, 2.45) is 23.7 Å². The Labute approximate surface area is 280 Å². The zero-order valence-electron chi connectivity index (χ0n) is 26.7. The molecular weight excluding hydrogens is 639 g/mol. The molecule has 2 heterocycles. The minimum absolute atomic E-state index is 0.0214. The van der Waals surface area contributed by atoms with Crippen LogP contribution in [-0.2, 0) is 24.6 Å². The van der Waals surface area contributed by atoms with Crippen molar-refractivity contribution in [3.8, 4) is 11.5 Å². The van der Waals surface area contributed by atoms with E-state index in [2.05, 4.69) is 10.2 Å². The summed E-state index contributed by atoms with van der Waals surface area (Å²) in [6.07, 6.45) is -2.54. The Morgan fingerprint density at radius 2 is 1.65 bits per heavy atom. The second kappa shape index (κ2) is 11.8. The second-order valence-electron chi connectivity index (χ2n) is 13.2. The average molecular weight is 674 g/mol. The molecule has 2 N–H and O–H groups in total. The van der Waals surface area contributed by atoms with E-state index in [1.807, 2.05) is 26.0 Å². The highest BCUT2D eigenvalue weighted by atomic mass is 19.4. The van der Waals surface area contributed by atoms with Gasteiger partial charge in [-0.3, -0.25) is 29.5 Å². The van der Waals surface area contributed by atoms with Crippen LogP contribution in [0.2, 0.25) is 0 Å². The number of imide groups is 2. The molecule has 49 heavy (non-hydrogen) atoms. The highest BCUT2D eigenvalue weighted by Gasteiger charge is 2.70. The number of phenols is 1. The summed E-state index contributed by atoms with van der Waals surface area (Å²) < 4.78 is 44.7. The number of ether oxygens (including phenoxy) is 1. The molecule has 0 spiro atoms. The monoisotopic (exact) mass is 673 g/mol. The van der Waals surface area contributed by atoms with E-state index >= 15 is 4.79 Å². The first kappa shape index (κ1) is 32.4. The summed E-state index contributed by atoms with van der Waals surface area (Å²) in [7, 11) is 0. The van der Waals surface area contributed by atoms with Crippen LogP contribution < -0.4 is 10.2 Å². The molecule has 3 aromatic rings. The topological polar surface area (TPSA) is 116 Å². The van der Waals surface area contributed by atoms with Gasteiger partial charge in [0.05, 0.1) is 28.9 Å². The quantitative estimate of drug-likeness (QED) is 0.234. The zero-order valence-corrected chi connectivity index (χ0v) is 26.7. The third kappa shape index (κ3) is 5.07. The van der Waals surface area contributed by atoms with E-state index in [1.54, 1.807) is 48.5 Å². The zero-order chi connectivity index (χ0) is 34.8. The number of hydrazine groups is 1. The van der Waals surface area contributed by atoms with E-state index in [-0.39, 0.29) is 36.8 Å². The number of halogens is 3. The van der Waals surface area contributed by atoms with Crippen LogP contribution in [-0.4, -0.2) is 51.6 Å². The van der Waals surface area contributed by atoms with Crippen molar-refractivity contribution < 1.29 is 42.2 Å². The number of aryl methyl sites for hydroxylation is 1. The lowest BCUT2D eigenvalue weighted by atomic mass is 9.49. The van der Waals surface area contributed by atoms with E-state index in [1.165, 1.54) is 4.90 Å². The number of likely N-dealkylation sites (tertiary alicyclic amines) is 1. The number of carbonyl (C=O) groups excluding carboxylic acids is 4. The Morgan fingerprint density at radius 1 is 0.939 bits per heavy atom. The molecule has 6 atom stereocenters. The third-order valence-corrected chi connectivity index (χ3v) is 10.5. The normalized spacial score (nSPS) is 27.9. The highest BCUT2D eigenvalue weighted by molar-refractivity contribution is 6.13. The number of carbonyl (C=O) groups is 4. The largest absolute Gasteiger partial charge is 0.573 e. The Bertz CT molecular complexity index is 1880. The Kier molecular flexibility index (Phi) is 7.79. The molecule has 0 radical (unpaired) electrons. The number of fused-ring (bicyclic) bond motifs is 4. The maximum Gasteiger partial charge on any atom is 0.573 e. The van der Waals surface area contributed by atoms with Crippen molar-refractivity contribution in [3.63, 3.8) is 0 Å². The molecule has 2 aliphatic heterocycles. The molecule has 3 aromatic carbocycles. The van der Waals surface area contributed by atoms with E-state index < -0.39 is 64.7 Å². The van der Waals surface area contributed by atoms with Gasteiger partial charge in [0.1, 0.15) is 11.5 Å². The number of alkyl halides is 3. The minimum Gasteiger partial charge on any atom is -0.508 e. The number of aromatic hydroxyl groups is 1. The second-order valence-corrected chi connectivity index (χ2v) is 13.2. The van der Waals surface area contributed by atoms with Crippen molar-refractivity contribution in [1.29, 1.82) is 0 Å². The Morgan fingerprint density at radius 3 is 2.33 bits per heavy atom. The molecular formula is C37H34F3N3O6. The number of hydrogen-bond donors (Lipinski definition) is 2. The van der Waals surface area contributed by atoms with Gasteiger partial charge in [-0.2, -0.15) is 5.01 Å². The number of nitrogens with zero attached hydrogens (tertiary/aromatic N) is 2. The first-order chi connectivity index (χ1) is 23.4. The fourth-order valence-corrected chi connectivity index (χ4v) is 8.56. The van der Waals surface area contributed by atoms with E-state index in [0.29, 0.717) is 23.2 Å². The Balaban J connectivity index is 1.47. The van der Waals surface area contributed by atoms with Crippen LogP contribution in [0.15, 0.2) is 84.4 Å². The summed E-state index contributed by atoms with van der Waals surface area (Å²) in [6.45, 7) is 3.98. The third-order valence-electron chi connectivity index (χ3n) is 10.5. The van der Waals surface area contributed by atoms with Gasteiger partial charge in [-0.15, -0.1) is 13.2 Å². The van der Waals surface area contributed by atoms with Gasteiger partial charge in [0.25, 0.3) is 11.8 Å². The first-order valence-electron chi connectivity index (χ1n) is 16.3. The predicted molar refractivity (Wildman–Crippen MR) is 171 cm³/mol. The summed E-state index contributed by atoms with van der Waals surface area (Å²) in [5.74, 6) is -7.53. The van der Waals surface area contributed by atoms with Crippen molar-refractivity contribution in [2.45, 2.75) is 50.8 Å².